The zero-order valence-corrected chi connectivity index (χ0v) is 9.00. The van der Waals surface area contributed by atoms with Gasteiger partial charge in [-0.25, -0.2) is 0 Å². The van der Waals surface area contributed by atoms with E-state index in [0.717, 1.165) is 18.9 Å². The fraction of sp³-hybridized carbons (Fsp3) is 0.909. The van der Waals surface area contributed by atoms with Crippen LogP contribution in [0.5, 0.6) is 0 Å². The molecular formula is C11H21NO2. The van der Waals surface area contributed by atoms with Crippen LogP contribution in [0.2, 0.25) is 0 Å². The van der Waals surface area contributed by atoms with Crippen LogP contribution >= 0.6 is 0 Å². The number of rotatable bonds is 4. The molecule has 1 fully saturated rings. The summed E-state index contributed by atoms with van der Waals surface area (Å²) in [5.74, 6) is 1.29. The highest BCUT2D eigenvalue weighted by Crippen LogP contribution is 2.32. The van der Waals surface area contributed by atoms with Crippen molar-refractivity contribution in [2.24, 2.45) is 17.6 Å². The molecule has 0 amide bonds. The van der Waals surface area contributed by atoms with Gasteiger partial charge in [0.15, 0.2) is 0 Å². The predicted octanol–water partition coefficient (Wildman–Crippen LogP) is 1.70. The molecule has 0 bridgehead atoms. The molecule has 1 saturated carbocycles. The number of hydrogen-bond acceptors (Lipinski definition) is 3. The molecule has 0 aromatic heterocycles. The van der Waals surface area contributed by atoms with Gasteiger partial charge in [0.1, 0.15) is 0 Å². The summed E-state index contributed by atoms with van der Waals surface area (Å²) >= 11 is 0. The Hall–Kier alpha value is -0.570. The Morgan fingerprint density at radius 2 is 1.86 bits per heavy atom. The van der Waals surface area contributed by atoms with Crippen LogP contribution < -0.4 is 5.73 Å². The Bertz CT molecular complexity index is 174. The summed E-state index contributed by atoms with van der Waals surface area (Å²) in [6.07, 6.45) is 6.55. The fourth-order valence-electron chi connectivity index (χ4n) is 2.28. The number of carbonyl (C=O) groups is 1. The molecule has 0 atom stereocenters. The summed E-state index contributed by atoms with van der Waals surface area (Å²) < 4.78 is 4.67. The van der Waals surface area contributed by atoms with Gasteiger partial charge >= 0.3 is 5.97 Å². The summed E-state index contributed by atoms with van der Waals surface area (Å²) in [6, 6.07) is 0. The van der Waals surface area contributed by atoms with Crippen molar-refractivity contribution in [1.29, 1.82) is 0 Å². The Morgan fingerprint density at radius 1 is 1.29 bits per heavy atom. The summed E-state index contributed by atoms with van der Waals surface area (Å²) in [4.78, 5) is 11.0. The van der Waals surface area contributed by atoms with Crippen LogP contribution in [0.4, 0.5) is 0 Å². The van der Waals surface area contributed by atoms with Crippen molar-refractivity contribution >= 4 is 5.97 Å². The van der Waals surface area contributed by atoms with Crippen molar-refractivity contribution in [3.8, 4) is 0 Å². The lowest BCUT2D eigenvalue weighted by atomic mass is 9.79. The smallest absolute Gasteiger partial charge is 0.305 e. The zero-order valence-electron chi connectivity index (χ0n) is 9.00. The summed E-state index contributed by atoms with van der Waals surface area (Å²) in [5, 5.41) is 0. The average molecular weight is 199 g/mol. The molecule has 82 valence electrons. The Kier molecular flexibility index (Phi) is 4.94. The monoisotopic (exact) mass is 199 g/mol. The largest absolute Gasteiger partial charge is 0.469 e. The van der Waals surface area contributed by atoms with E-state index in [1.54, 1.807) is 0 Å². The van der Waals surface area contributed by atoms with Gasteiger partial charge in [-0.3, -0.25) is 4.79 Å². The van der Waals surface area contributed by atoms with E-state index in [4.69, 9.17) is 5.73 Å². The van der Waals surface area contributed by atoms with Crippen molar-refractivity contribution in [2.45, 2.75) is 38.5 Å². The first kappa shape index (κ1) is 11.5. The second kappa shape index (κ2) is 6.02. The fourth-order valence-corrected chi connectivity index (χ4v) is 2.28. The predicted molar refractivity (Wildman–Crippen MR) is 55.8 cm³/mol. The third-order valence-corrected chi connectivity index (χ3v) is 3.22. The minimum absolute atomic E-state index is 0.0627. The molecule has 0 aromatic rings. The van der Waals surface area contributed by atoms with E-state index in [1.807, 2.05) is 0 Å². The maximum Gasteiger partial charge on any atom is 0.305 e. The maximum absolute atomic E-state index is 11.0. The van der Waals surface area contributed by atoms with E-state index < -0.39 is 0 Å². The van der Waals surface area contributed by atoms with E-state index in [2.05, 4.69) is 4.74 Å². The first-order valence-corrected chi connectivity index (χ1v) is 5.53. The SMILES string of the molecule is COC(=O)CC1CCC(CCN)CC1. The lowest BCUT2D eigenvalue weighted by Gasteiger charge is -2.27. The van der Waals surface area contributed by atoms with Crippen LogP contribution in [0.15, 0.2) is 0 Å². The molecule has 1 aliphatic rings. The highest BCUT2D eigenvalue weighted by molar-refractivity contribution is 5.69. The Balaban J connectivity index is 2.18. The molecule has 3 heteroatoms. The molecular weight excluding hydrogens is 178 g/mol. The zero-order chi connectivity index (χ0) is 10.4. The molecule has 0 unspecified atom stereocenters. The van der Waals surface area contributed by atoms with Crippen LogP contribution in [-0.4, -0.2) is 19.6 Å². The van der Waals surface area contributed by atoms with Gasteiger partial charge in [-0.05, 0) is 37.6 Å². The van der Waals surface area contributed by atoms with E-state index in [1.165, 1.54) is 32.8 Å². The molecule has 0 saturated heterocycles. The lowest BCUT2D eigenvalue weighted by Crippen LogP contribution is -2.19. The molecule has 3 nitrogen and oxygen atoms in total. The number of esters is 1. The normalized spacial score (nSPS) is 27.3. The highest BCUT2D eigenvalue weighted by Gasteiger charge is 2.22. The third-order valence-electron chi connectivity index (χ3n) is 3.22. The van der Waals surface area contributed by atoms with E-state index >= 15 is 0 Å². The number of hydrogen-bond donors (Lipinski definition) is 1. The number of nitrogens with two attached hydrogens (primary N) is 1. The molecule has 1 rings (SSSR count). The van der Waals surface area contributed by atoms with E-state index in [0.29, 0.717) is 12.3 Å². The van der Waals surface area contributed by atoms with Crippen molar-refractivity contribution in [3.05, 3.63) is 0 Å². The van der Waals surface area contributed by atoms with Gasteiger partial charge < -0.3 is 10.5 Å². The standard InChI is InChI=1S/C11H21NO2/c1-14-11(13)8-10-4-2-9(3-5-10)6-7-12/h9-10H,2-8,12H2,1H3. The Morgan fingerprint density at radius 3 is 2.36 bits per heavy atom. The van der Waals surface area contributed by atoms with Crippen molar-refractivity contribution in [3.63, 3.8) is 0 Å². The van der Waals surface area contributed by atoms with Crippen molar-refractivity contribution in [1.82, 2.24) is 0 Å². The topological polar surface area (TPSA) is 52.3 Å². The summed E-state index contributed by atoms with van der Waals surface area (Å²) in [6.45, 7) is 0.798. The van der Waals surface area contributed by atoms with E-state index in [9.17, 15) is 4.79 Å². The molecule has 1 aliphatic carbocycles. The van der Waals surface area contributed by atoms with Crippen molar-refractivity contribution < 1.29 is 9.53 Å². The molecule has 0 aromatic carbocycles. The van der Waals surface area contributed by atoms with Gasteiger partial charge in [-0.2, -0.15) is 0 Å². The first-order chi connectivity index (χ1) is 6.76. The van der Waals surface area contributed by atoms with Gasteiger partial charge in [0.05, 0.1) is 7.11 Å². The molecule has 0 heterocycles. The minimum atomic E-state index is -0.0627. The highest BCUT2D eigenvalue weighted by atomic mass is 16.5. The van der Waals surface area contributed by atoms with Crippen molar-refractivity contribution in [2.75, 3.05) is 13.7 Å². The van der Waals surface area contributed by atoms with Gasteiger partial charge in [0.25, 0.3) is 0 Å². The maximum atomic E-state index is 11.0. The van der Waals surface area contributed by atoms with Gasteiger partial charge in [0, 0.05) is 6.42 Å². The summed E-state index contributed by atoms with van der Waals surface area (Å²) in [7, 11) is 1.46. The van der Waals surface area contributed by atoms with Gasteiger partial charge in [-0.1, -0.05) is 12.8 Å². The van der Waals surface area contributed by atoms with Crippen LogP contribution in [-0.2, 0) is 9.53 Å². The van der Waals surface area contributed by atoms with Crippen LogP contribution in [0.25, 0.3) is 0 Å². The van der Waals surface area contributed by atoms with Crippen LogP contribution in [0.1, 0.15) is 38.5 Å². The quantitative estimate of drug-likeness (QED) is 0.701. The Labute approximate surface area is 86.0 Å². The second-order valence-corrected chi connectivity index (χ2v) is 4.24. The second-order valence-electron chi connectivity index (χ2n) is 4.24. The lowest BCUT2D eigenvalue weighted by molar-refractivity contribution is -0.142. The molecule has 0 aliphatic heterocycles. The first-order valence-electron chi connectivity index (χ1n) is 5.53. The number of ether oxygens (including phenoxy) is 1. The van der Waals surface area contributed by atoms with Crippen LogP contribution in [0.3, 0.4) is 0 Å². The van der Waals surface area contributed by atoms with Gasteiger partial charge in [0.2, 0.25) is 0 Å². The molecule has 2 N–H and O–H groups in total. The molecule has 14 heavy (non-hydrogen) atoms. The van der Waals surface area contributed by atoms with Crippen LogP contribution in [0, 0.1) is 11.8 Å². The average Bonchev–Trinajstić information content (AvgIpc) is 2.21. The third kappa shape index (κ3) is 3.66. The molecule has 0 spiro atoms. The minimum Gasteiger partial charge on any atom is -0.469 e. The molecule has 0 radical (unpaired) electrons. The number of carbonyl (C=O) groups excluding carboxylic acids is 1. The van der Waals surface area contributed by atoms with E-state index in [-0.39, 0.29) is 5.97 Å². The summed E-state index contributed by atoms with van der Waals surface area (Å²) in [5.41, 5.74) is 5.52. The number of methoxy groups -OCH3 is 1. The van der Waals surface area contributed by atoms with Gasteiger partial charge in [-0.15, -0.1) is 0 Å².